The SMILES string of the molecule is Cc1nc(-c2ccc(CC(=O)NC(C)c3ccc(Cl)cc3)cc2)cs1. The van der Waals surface area contributed by atoms with Crippen LogP contribution in [0.4, 0.5) is 0 Å². The zero-order valence-electron chi connectivity index (χ0n) is 14.1. The van der Waals surface area contributed by atoms with E-state index in [1.54, 1.807) is 11.3 Å². The van der Waals surface area contributed by atoms with Gasteiger partial charge in [-0.1, -0.05) is 48.0 Å². The van der Waals surface area contributed by atoms with Crippen LogP contribution < -0.4 is 5.32 Å². The number of nitrogens with one attached hydrogen (secondary N) is 1. The summed E-state index contributed by atoms with van der Waals surface area (Å²) >= 11 is 7.53. The number of hydrogen-bond donors (Lipinski definition) is 1. The molecule has 3 nitrogen and oxygen atoms in total. The molecular weight excluding hydrogens is 352 g/mol. The van der Waals surface area contributed by atoms with Crippen LogP contribution in [0.3, 0.4) is 0 Å². The van der Waals surface area contributed by atoms with Crippen LogP contribution in [0.2, 0.25) is 5.02 Å². The average Bonchev–Trinajstić information content (AvgIpc) is 3.02. The maximum absolute atomic E-state index is 12.3. The maximum atomic E-state index is 12.3. The van der Waals surface area contributed by atoms with Crippen LogP contribution >= 0.6 is 22.9 Å². The molecule has 1 heterocycles. The molecule has 0 aliphatic heterocycles. The largest absolute Gasteiger partial charge is 0.349 e. The number of thiazole rings is 1. The lowest BCUT2D eigenvalue weighted by Gasteiger charge is -2.14. The third kappa shape index (κ3) is 4.68. The topological polar surface area (TPSA) is 42.0 Å². The van der Waals surface area contributed by atoms with Crippen molar-refractivity contribution in [1.82, 2.24) is 10.3 Å². The summed E-state index contributed by atoms with van der Waals surface area (Å²) in [6.07, 6.45) is 0.355. The molecule has 0 fully saturated rings. The van der Waals surface area contributed by atoms with Crippen LogP contribution in [-0.4, -0.2) is 10.9 Å². The highest BCUT2D eigenvalue weighted by Crippen LogP contribution is 2.22. The number of rotatable bonds is 5. The zero-order valence-corrected chi connectivity index (χ0v) is 15.7. The van der Waals surface area contributed by atoms with Gasteiger partial charge in [-0.2, -0.15) is 0 Å². The standard InChI is InChI=1S/C20H19ClN2OS/c1-13(16-7-9-18(21)10-8-16)22-20(24)11-15-3-5-17(6-4-15)19-12-25-14(2)23-19/h3-10,12-13H,11H2,1-2H3,(H,22,24). The van der Waals surface area contributed by atoms with Crippen molar-refractivity contribution in [3.8, 4) is 11.3 Å². The molecule has 3 rings (SSSR count). The Morgan fingerprint density at radius 1 is 1.16 bits per heavy atom. The molecule has 5 heteroatoms. The molecule has 0 radical (unpaired) electrons. The molecule has 0 bridgehead atoms. The van der Waals surface area contributed by atoms with Crippen LogP contribution in [0.1, 0.15) is 29.1 Å². The normalized spacial score (nSPS) is 12.0. The third-order valence-electron chi connectivity index (χ3n) is 3.98. The number of aromatic nitrogens is 1. The first-order valence-corrected chi connectivity index (χ1v) is 9.33. The lowest BCUT2D eigenvalue weighted by molar-refractivity contribution is -0.121. The van der Waals surface area contributed by atoms with Crippen LogP contribution in [0.15, 0.2) is 53.9 Å². The van der Waals surface area contributed by atoms with Gasteiger partial charge in [-0.25, -0.2) is 4.98 Å². The van der Waals surface area contributed by atoms with E-state index < -0.39 is 0 Å². The van der Waals surface area contributed by atoms with Gasteiger partial charge < -0.3 is 5.32 Å². The molecule has 1 N–H and O–H groups in total. The minimum atomic E-state index is -0.0537. The van der Waals surface area contributed by atoms with Gasteiger partial charge in [0.15, 0.2) is 0 Å². The highest BCUT2D eigenvalue weighted by molar-refractivity contribution is 7.09. The first-order chi connectivity index (χ1) is 12.0. The Morgan fingerprint density at radius 2 is 1.84 bits per heavy atom. The summed E-state index contributed by atoms with van der Waals surface area (Å²) in [4.78, 5) is 16.8. The van der Waals surface area contributed by atoms with Crippen molar-refractivity contribution in [2.24, 2.45) is 0 Å². The highest BCUT2D eigenvalue weighted by Gasteiger charge is 2.10. The Kier molecular flexibility index (Phi) is 5.51. The van der Waals surface area contributed by atoms with E-state index in [4.69, 9.17) is 11.6 Å². The summed E-state index contributed by atoms with van der Waals surface area (Å²) in [6.45, 7) is 3.96. The fraction of sp³-hybridized carbons (Fsp3) is 0.200. The van der Waals surface area contributed by atoms with Crippen molar-refractivity contribution in [2.75, 3.05) is 0 Å². The van der Waals surface area contributed by atoms with E-state index >= 15 is 0 Å². The first kappa shape index (κ1) is 17.6. The summed E-state index contributed by atoms with van der Waals surface area (Å²) in [5.74, 6) is -0.000275. The van der Waals surface area contributed by atoms with Gasteiger partial charge in [-0.3, -0.25) is 4.79 Å². The molecule has 0 aliphatic carbocycles. The van der Waals surface area contributed by atoms with Gasteiger partial charge in [-0.15, -0.1) is 11.3 Å². The smallest absolute Gasteiger partial charge is 0.224 e. The fourth-order valence-corrected chi connectivity index (χ4v) is 3.35. The molecule has 0 saturated carbocycles. The van der Waals surface area contributed by atoms with Crippen LogP contribution in [0, 0.1) is 6.92 Å². The van der Waals surface area contributed by atoms with Crippen molar-refractivity contribution >= 4 is 28.8 Å². The Morgan fingerprint density at radius 3 is 2.44 bits per heavy atom. The lowest BCUT2D eigenvalue weighted by Crippen LogP contribution is -2.28. The van der Waals surface area contributed by atoms with Crippen LogP contribution in [-0.2, 0) is 11.2 Å². The monoisotopic (exact) mass is 370 g/mol. The van der Waals surface area contributed by atoms with Crippen molar-refractivity contribution in [3.05, 3.63) is 75.1 Å². The number of carbonyl (C=O) groups excluding carboxylic acids is 1. The van der Waals surface area contributed by atoms with Crippen LogP contribution in [0.25, 0.3) is 11.3 Å². The highest BCUT2D eigenvalue weighted by atomic mass is 35.5. The van der Waals surface area contributed by atoms with E-state index in [0.717, 1.165) is 27.4 Å². The van der Waals surface area contributed by atoms with Gasteiger partial charge in [-0.05, 0) is 37.1 Å². The summed E-state index contributed by atoms with van der Waals surface area (Å²) in [5.41, 5.74) is 4.07. The second-order valence-corrected chi connectivity index (χ2v) is 7.46. The fourth-order valence-electron chi connectivity index (χ4n) is 2.60. The minimum absolute atomic E-state index is 0.000275. The Hall–Kier alpha value is -2.17. The number of amides is 1. The van der Waals surface area contributed by atoms with E-state index in [1.165, 1.54) is 0 Å². The van der Waals surface area contributed by atoms with Crippen molar-refractivity contribution < 1.29 is 4.79 Å². The van der Waals surface area contributed by atoms with Gasteiger partial charge >= 0.3 is 0 Å². The third-order valence-corrected chi connectivity index (χ3v) is 5.01. The molecule has 2 aromatic carbocycles. The minimum Gasteiger partial charge on any atom is -0.349 e. The second kappa shape index (κ2) is 7.81. The molecule has 1 aromatic heterocycles. The Bertz CT molecular complexity index is 856. The number of carbonyl (C=O) groups is 1. The summed E-state index contributed by atoms with van der Waals surface area (Å²) < 4.78 is 0. The van der Waals surface area contributed by atoms with Gasteiger partial charge in [0.25, 0.3) is 0 Å². The lowest BCUT2D eigenvalue weighted by atomic mass is 10.1. The molecular formula is C20H19ClN2OS. The molecule has 128 valence electrons. The average molecular weight is 371 g/mol. The molecule has 0 spiro atoms. The van der Waals surface area contributed by atoms with E-state index in [-0.39, 0.29) is 11.9 Å². The quantitative estimate of drug-likeness (QED) is 0.671. The van der Waals surface area contributed by atoms with E-state index in [9.17, 15) is 4.79 Å². The summed E-state index contributed by atoms with van der Waals surface area (Å²) in [5, 5.41) is 6.81. The van der Waals surface area contributed by atoms with Gasteiger partial charge in [0.05, 0.1) is 23.2 Å². The molecule has 25 heavy (non-hydrogen) atoms. The van der Waals surface area contributed by atoms with E-state index in [0.29, 0.717) is 11.4 Å². The molecule has 0 saturated heterocycles. The molecule has 1 atom stereocenters. The second-order valence-electron chi connectivity index (χ2n) is 5.97. The molecule has 1 unspecified atom stereocenters. The Balaban J connectivity index is 1.60. The number of nitrogens with zero attached hydrogens (tertiary/aromatic N) is 1. The van der Waals surface area contributed by atoms with E-state index in [2.05, 4.69) is 10.3 Å². The van der Waals surface area contributed by atoms with Crippen molar-refractivity contribution in [3.63, 3.8) is 0 Å². The zero-order chi connectivity index (χ0) is 17.8. The number of halogens is 1. The van der Waals surface area contributed by atoms with Gasteiger partial charge in [0, 0.05) is 16.0 Å². The molecule has 1 amide bonds. The summed E-state index contributed by atoms with van der Waals surface area (Å²) in [6, 6.07) is 15.5. The van der Waals surface area contributed by atoms with Crippen LogP contribution in [0.5, 0.6) is 0 Å². The van der Waals surface area contributed by atoms with Crippen molar-refractivity contribution in [1.29, 1.82) is 0 Å². The maximum Gasteiger partial charge on any atom is 0.224 e. The predicted molar refractivity (Wildman–Crippen MR) is 104 cm³/mol. The van der Waals surface area contributed by atoms with Gasteiger partial charge in [0.1, 0.15) is 0 Å². The predicted octanol–water partition coefficient (Wildman–Crippen LogP) is 5.19. The van der Waals surface area contributed by atoms with Gasteiger partial charge in [0.2, 0.25) is 5.91 Å². The Labute approximate surface area is 156 Å². The number of hydrogen-bond acceptors (Lipinski definition) is 3. The summed E-state index contributed by atoms with van der Waals surface area (Å²) in [7, 11) is 0. The number of benzene rings is 2. The molecule has 0 aliphatic rings. The first-order valence-electron chi connectivity index (χ1n) is 8.07. The number of aryl methyl sites for hydroxylation is 1. The molecule has 3 aromatic rings. The van der Waals surface area contributed by atoms with Crippen molar-refractivity contribution in [2.45, 2.75) is 26.3 Å². The van der Waals surface area contributed by atoms with E-state index in [1.807, 2.05) is 67.8 Å².